The summed E-state index contributed by atoms with van der Waals surface area (Å²) in [5.74, 6) is 2.01. The Kier molecular flexibility index (Phi) is 1.93. The zero-order valence-electron chi connectivity index (χ0n) is 5.98. The summed E-state index contributed by atoms with van der Waals surface area (Å²) in [6.07, 6.45) is 5.90. The molecule has 0 bridgehead atoms. The first-order valence-electron chi connectivity index (χ1n) is 3.80. The summed E-state index contributed by atoms with van der Waals surface area (Å²) in [6.45, 7) is 4.76. The van der Waals surface area contributed by atoms with Gasteiger partial charge in [-0.05, 0) is 11.8 Å². The van der Waals surface area contributed by atoms with Gasteiger partial charge >= 0.3 is 0 Å². The highest BCUT2D eigenvalue weighted by Gasteiger charge is 2.15. The molecule has 0 N–H and O–H groups in total. The maximum atomic E-state index is 2.38. The summed E-state index contributed by atoms with van der Waals surface area (Å²) < 4.78 is 0. The minimum atomic E-state index is 1.00. The van der Waals surface area contributed by atoms with E-state index in [0.717, 1.165) is 11.8 Å². The first-order valence-corrected chi connectivity index (χ1v) is 3.80. The van der Waals surface area contributed by atoms with Gasteiger partial charge in [-0.1, -0.05) is 39.5 Å². The molecule has 0 aromatic carbocycles. The Morgan fingerprint density at radius 2 is 1.25 bits per heavy atom. The van der Waals surface area contributed by atoms with Crippen LogP contribution < -0.4 is 0 Å². The average Bonchev–Trinajstić information content (AvgIpc) is 1.77. The van der Waals surface area contributed by atoms with Crippen LogP contribution in [0.1, 0.15) is 39.5 Å². The predicted octanol–water partition coefficient (Wildman–Crippen LogP) is 2.83. The fourth-order valence-electron chi connectivity index (χ4n) is 1.50. The van der Waals surface area contributed by atoms with E-state index in [0.29, 0.717) is 0 Å². The smallest absolute Gasteiger partial charge is 0.0417 e. The van der Waals surface area contributed by atoms with Crippen molar-refractivity contribution in [1.29, 1.82) is 0 Å². The second kappa shape index (κ2) is 2.52. The summed E-state index contributed by atoms with van der Waals surface area (Å²) in [5.41, 5.74) is 0. The largest absolute Gasteiger partial charge is 0.0623 e. The Bertz CT molecular complexity index is 56.4. The highest BCUT2D eigenvalue weighted by atomic mass is 14.2. The van der Waals surface area contributed by atoms with E-state index >= 15 is 0 Å². The summed E-state index contributed by atoms with van der Waals surface area (Å²) in [5, 5.41) is 0. The van der Waals surface area contributed by atoms with Crippen LogP contribution in [0.3, 0.4) is 0 Å². The van der Waals surface area contributed by atoms with Crippen LogP contribution in [0.5, 0.6) is 0 Å². The van der Waals surface area contributed by atoms with Gasteiger partial charge in [-0.3, -0.25) is 0 Å². The Labute approximate surface area is 52.3 Å². The van der Waals surface area contributed by atoms with Crippen molar-refractivity contribution in [2.45, 2.75) is 39.5 Å². The first-order chi connectivity index (χ1) is 3.80. The van der Waals surface area contributed by atoms with Gasteiger partial charge in [-0.25, -0.2) is 0 Å². The Morgan fingerprint density at radius 1 is 0.875 bits per heavy atom. The lowest BCUT2D eigenvalue weighted by atomic mass is 9.82. The Balaban J connectivity index is 2.28. The van der Waals surface area contributed by atoms with Crippen molar-refractivity contribution in [3.63, 3.8) is 0 Å². The lowest BCUT2D eigenvalue weighted by molar-refractivity contribution is 0.277. The van der Waals surface area contributed by atoms with Crippen LogP contribution in [0.25, 0.3) is 0 Å². The molecule has 0 aliphatic heterocycles. The van der Waals surface area contributed by atoms with Gasteiger partial charge < -0.3 is 0 Å². The van der Waals surface area contributed by atoms with Gasteiger partial charge in [-0.2, -0.15) is 0 Å². The molecule has 0 heterocycles. The molecule has 0 nitrogen and oxygen atoms in total. The zero-order chi connectivity index (χ0) is 5.98. The molecule has 1 rings (SSSR count). The zero-order valence-corrected chi connectivity index (χ0v) is 5.98. The molecule has 2 atom stereocenters. The average molecular weight is 112 g/mol. The van der Waals surface area contributed by atoms with Crippen LogP contribution in [-0.4, -0.2) is 0 Å². The minimum Gasteiger partial charge on any atom is -0.0623 e. The molecular formula is C8H16. The highest BCUT2D eigenvalue weighted by Crippen LogP contribution is 2.28. The quantitative estimate of drug-likeness (QED) is 0.452. The molecule has 0 unspecified atom stereocenters. The number of hydrogen-bond donors (Lipinski definition) is 0. The van der Waals surface area contributed by atoms with E-state index in [1.165, 1.54) is 25.7 Å². The van der Waals surface area contributed by atoms with E-state index in [4.69, 9.17) is 0 Å². The van der Waals surface area contributed by atoms with Crippen LogP contribution in [0.15, 0.2) is 0 Å². The van der Waals surface area contributed by atoms with Gasteiger partial charge in [0, 0.05) is 0 Å². The summed E-state index contributed by atoms with van der Waals surface area (Å²) in [4.78, 5) is 0. The van der Waals surface area contributed by atoms with Gasteiger partial charge in [0.15, 0.2) is 0 Å². The molecule has 1 aliphatic rings. The number of hydrogen-bond acceptors (Lipinski definition) is 0. The van der Waals surface area contributed by atoms with Crippen molar-refractivity contribution in [2.24, 2.45) is 11.8 Å². The second-order valence-electron chi connectivity index (χ2n) is 3.24. The lowest BCUT2D eigenvalue weighted by Gasteiger charge is -2.24. The molecule has 8 heavy (non-hydrogen) atoms. The standard InChI is InChI=1S/C8H16/c1-7-5-3-4-6-8(7)2/h7-8H,3-6H2,1-2H3/t7-,8-/m0/s1. The third kappa shape index (κ3) is 1.24. The molecule has 0 aromatic rings. The van der Waals surface area contributed by atoms with Crippen molar-refractivity contribution >= 4 is 0 Å². The molecule has 1 saturated carbocycles. The molecule has 0 saturated heterocycles. The van der Waals surface area contributed by atoms with E-state index in [9.17, 15) is 0 Å². The molecular weight excluding hydrogens is 96.1 g/mol. The SMILES string of the molecule is C[C@H]1CCCC[C@@H]1C. The molecule has 0 radical (unpaired) electrons. The van der Waals surface area contributed by atoms with E-state index < -0.39 is 0 Å². The molecule has 0 aromatic heterocycles. The summed E-state index contributed by atoms with van der Waals surface area (Å²) in [6, 6.07) is 0. The van der Waals surface area contributed by atoms with Gasteiger partial charge in [0.25, 0.3) is 0 Å². The monoisotopic (exact) mass is 112 g/mol. The Morgan fingerprint density at radius 3 is 1.50 bits per heavy atom. The Hall–Kier alpha value is 0. The van der Waals surface area contributed by atoms with E-state index in [-0.39, 0.29) is 0 Å². The van der Waals surface area contributed by atoms with Crippen LogP contribution in [-0.2, 0) is 0 Å². The molecule has 0 spiro atoms. The fourth-order valence-corrected chi connectivity index (χ4v) is 1.50. The van der Waals surface area contributed by atoms with Crippen molar-refractivity contribution in [3.05, 3.63) is 0 Å². The summed E-state index contributed by atoms with van der Waals surface area (Å²) in [7, 11) is 0. The molecule has 0 heteroatoms. The second-order valence-corrected chi connectivity index (χ2v) is 3.24. The van der Waals surface area contributed by atoms with Crippen molar-refractivity contribution < 1.29 is 0 Å². The molecule has 0 amide bonds. The molecule has 48 valence electrons. The van der Waals surface area contributed by atoms with Gasteiger partial charge in [0.2, 0.25) is 0 Å². The normalized spacial score (nSPS) is 39.8. The third-order valence-corrected chi connectivity index (χ3v) is 2.54. The highest BCUT2D eigenvalue weighted by molar-refractivity contribution is 4.67. The third-order valence-electron chi connectivity index (χ3n) is 2.54. The van der Waals surface area contributed by atoms with E-state index in [1.54, 1.807) is 0 Å². The fraction of sp³-hybridized carbons (Fsp3) is 1.00. The molecule has 1 fully saturated rings. The summed E-state index contributed by atoms with van der Waals surface area (Å²) >= 11 is 0. The minimum absolute atomic E-state index is 1.00. The van der Waals surface area contributed by atoms with Gasteiger partial charge in [0.1, 0.15) is 0 Å². The van der Waals surface area contributed by atoms with Crippen LogP contribution in [0, 0.1) is 11.8 Å². The maximum Gasteiger partial charge on any atom is -0.0417 e. The maximum absolute atomic E-state index is 2.38. The van der Waals surface area contributed by atoms with Crippen molar-refractivity contribution in [2.75, 3.05) is 0 Å². The number of rotatable bonds is 0. The van der Waals surface area contributed by atoms with Crippen LogP contribution >= 0.6 is 0 Å². The van der Waals surface area contributed by atoms with Crippen molar-refractivity contribution in [1.82, 2.24) is 0 Å². The lowest BCUT2D eigenvalue weighted by Crippen LogP contribution is -2.12. The van der Waals surface area contributed by atoms with Gasteiger partial charge in [-0.15, -0.1) is 0 Å². The van der Waals surface area contributed by atoms with Gasteiger partial charge in [0.05, 0.1) is 0 Å². The topological polar surface area (TPSA) is 0 Å². The van der Waals surface area contributed by atoms with Crippen LogP contribution in [0.4, 0.5) is 0 Å². The van der Waals surface area contributed by atoms with E-state index in [2.05, 4.69) is 13.8 Å². The van der Waals surface area contributed by atoms with Crippen molar-refractivity contribution in [3.8, 4) is 0 Å². The molecule has 1 aliphatic carbocycles. The van der Waals surface area contributed by atoms with Crippen LogP contribution in [0.2, 0.25) is 0 Å². The predicted molar refractivity (Wildman–Crippen MR) is 36.8 cm³/mol. The van der Waals surface area contributed by atoms with E-state index in [1.807, 2.05) is 0 Å². The first kappa shape index (κ1) is 6.12.